The van der Waals surface area contributed by atoms with Crippen LogP contribution in [0, 0.1) is 0 Å². The lowest BCUT2D eigenvalue weighted by molar-refractivity contribution is -0.134. The summed E-state index contributed by atoms with van der Waals surface area (Å²) >= 11 is 0. The van der Waals surface area contributed by atoms with Gasteiger partial charge in [-0.2, -0.15) is 0 Å². The number of amides is 1. The van der Waals surface area contributed by atoms with Gasteiger partial charge in [-0.3, -0.25) is 9.78 Å². The summed E-state index contributed by atoms with van der Waals surface area (Å²) in [6, 6.07) is 9.54. The van der Waals surface area contributed by atoms with E-state index in [0.29, 0.717) is 31.0 Å². The molecule has 8 nitrogen and oxygen atoms in total. The molecule has 3 rings (SSSR count). The van der Waals surface area contributed by atoms with Gasteiger partial charge in [0, 0.05) is 38.6 Å². The zero-order valence-corrected chi connectivity index (χ0v) is 18.0. The van der Waals surface area contributed by atoms with Gasteiger partial charge in [-0.05, 0) is 29.8 Å². The zero-order chi connectivity index (χ0) is 22.2. The highest BCUT2D eigenvalue weighted by atomic mass is 16.5. The Morgan fingerprint density at radius 1 is 1.26 bits per heavy atom. The van der Waals surface area contributed by atoms with E-state index >= 15 is 0 Å². The Kier molecular flexibility index (Phi) is 7.61. The van der Waals surface area contributed by atoms with Crippen LogP contribution in [-0.2, 0) is 14.3 Å². The van der Waals surface area contributed by atoms with Crippen LogP contribution in [0.4, 0.5) is 5.69 Å². The Morgan fingerprint density at radius 2 is 2.03 bits per heavy atom. The van der Waals surface area contributed by atoms with Crippen LogP contribution in [-0.4, -0.2) is 75.4 Å². The molecule has 1 saturated heterocycles. The zero-order valence-electron chi connectivity index (χ0n) is 18.0. The van der Waals surface area contributed by atoms with Crippen LogP contribution in [0.25, 0.3) is 6.08 Å². The first kappa shape index (κ1) is 22.3. The molecule has 2 heterocycles. The van der Waals surface area contributed by atoms with E-state index in [2.05, 4.69) is 9.72 Å². The first-order chi connectivity index (χ1) is 15.0. The molecule has 0 N–H and O–H groups in total. The summed E-state index contributed by atoms with van der Waals surface area (Å²) in [5.74, 6) is -0.109. The molecule has 164 valence electrons. The summed E-state index contributed by atoms with van der Waals surface area (Å²) in [5.41, 5.74) is 2.38. The smallest absolute Gasteiger partial charge is 0.339 e. The van der Waals surface area contributed by atoms with Crippen molar-refractivity contribution in [3.8, 4) is 5.75 Å². The molecule has 1 aliphatic rings. The highest BCUT2D eigenvalue weighted by molar-refractivity contribution is 5.92. The highest BCUT2D eigenvalue weighted by Gasteiger charge is 2.23. The summed E-state index contributed by atoms with van der Waals surface area (Å²) in [7, 11) is 5.28. The van der Waals surface area contributed by atoms with E-state index in [0.717, 1.165) is 11.3 Å². The summed E-state index contributed by atoms with van der Waals surface area (Å²) in [4.78, 5) is 31.9. The van der Waals surface area contributed by atoms with Gasteiger partial charge in [0.2, 0.25) is 5.91 Å². The number of hydrogen-bond donors (Lipinski definition) is 0. The fourth-order valence-corrected chi connectivity index (χ4v) is 3.09. The number of aromatic nitrogens is 1. The van der Waals surface area contributed by atoms with E-state index in [1.54, 1.807) is 17.0 Å². The van der Waals surface area contributed by atoms with E-state index in [4.69, 9.17) is 9.47 Å². The lowest BCUT2D eigenvalue weighted by Gasteiger charge is -2.32. The number of carbonyl (C=O) groups is 2. The van der Waals surface area contributed by atoms with Crippen molar-refractivity contribution in [1.82, 2.24) is 9.88 Å². The molecule has 1 unspecified atom stereocenters. The normalized spacial score (nSPS) is 16.2. The number of nitrogens with zero attached hydrogens (tertiary/aromatic N) is 3. The molecule has 0 radical (unpaired) electrons. The number of pyridine rings is 1. The van der Waals surface area contributed by atoms with Crippen LogP contribution in [0.3, 0.4) is 0 Å². The number of ether oxygens (including phenoxy) is 3. The second-order valence-electron chi connectivity index (χ2n) is 7.31. The molecule has 0 bridgehead atoms. The predicted molar refractivity (Wildman–Crippen MR) is 117 cm³/mol. The fraction of sp³-hybridized carbons (Fsp3) is 0.348. The van der Waals surface area contributed by atoms with Crippen LogP contribution in [0.5, 0.6) is 5.75 Å². The number of hydrogen-bond acceptors (Lipinski definition) is 7. The van der Waals surface area contributed by atoms with Gasteiger partial charge >= 0.3 is 5.97 Å². The van der Waals surface area contributed by atoms with E-state index in [-0.39, 0.29) is 18.6 Å². The van der Waals surface area contributed by atoms with Crippen LogP contribution in [0.15, 0.2) is 48.8 Å². The predicted octanol–water partition coefficient (Wildman–Crippen LogP) is 2.25. The fourth-order valence-electron chi connectivity index (χ4n) is 3.09. The van der Waals surface area contributed by atoms with Crippen LogP contribution >= 0.6 is 0 Å². The van der Waals surface area contributed by atoms with E-state index in [1.807, 2.05) is 49.3 Å². The molecule has 1 aromatic carbocycles. The molecule has 1 aromatic heterocycles. The van der Waals surface area contributed by atoms with Gasteiger partial charge in [0.1, 0.15) is 18.5 Å². The van der Waals surface area contributed by atoms with Crippen molar-refractivity contribution in [2.75, 3.05) is 52.4 Å². The van der Waals surface area contributed by atoms with Crippen molar-refractivity contribution in [3.05, 3.63) is 59.9 Å². The molecule has 0 saturated carbocycles. The van der Waals surface area contributed by atoms with Gasteiger partial charge in [-0.1, -0.05) is 12.1 Å². The van der Waals surface area contributed by atoms with Gasteiger partial charge in [0.25, 0.3) is 0 Å². The molecule has 1 aliphatic heterocycles. The Hall–Kier alpha value is -3.39. The Morgan fingerprint density at radius 3 is 2.74 bits per heavy atom. The summed E-state index contributed by atoms with van der Waals surface area (Å²) < 4.78 is 16.1. The number of benzene rings is 1. The lowest BCUT2D eigenvalue weighted by Crippen LogP contribution is -2.47. The molecule has 0 spiro atoms. The number of esters is 1. The van der Waals surface area contributed by atoms with Gasteiger partial charge in [0.15, 0.2) is 0 Å². The minimum Gasteiger partial charge on any atom is -0.489 e. The van der Waals surface area contributed by atoms with E-state index in [9.17, 15) is 9.59 Å². The van der Waals surface area contributed by atoms with Crippen LogP contribution in [0.2, 0.25) is 0 Å². The number of carbonyl (C=O) groups excluding carboxylic acids is 2. The third kappa shape index (κ3) is 6.29. The molecule has 2 aromatic rings. The van der Waals surface area contributed by atoms with Crippen molar-refractivity contribution in [2.24, 2.45) is 0 Å². The standard InChI is InChI=1S/C23H27N3O5/c1-25(2)19-7-4-17(5-8-19)6-9-22(27)26-10-11-30-21(15-26)16-31-20-12-18(13-24-14-20)23(28)29-3/h4-9,12-14,21H,10-11,15-16H2,1-3H3. The molecule has 8 heteroatoms. The first-order valence-corrected chi connectivity index (χ1v) is 9.98. The third-order valence-corrected chi connectivity index (χ3v) is 4.85. The average molecular weight is 425 g/mol. The summed E-state index contributed by atoms with van der Waals surface area (Å²) in [6.07, 6.45) is 6.05. The number of methoxy groups -OCH3 is 1. The molecular formula is C23H27N3O5. The monoisotopic (exact) mass is 425 g/mol. The SMILES string of the molecule is COC(=O)c1cncc(OCC2CN(C(=O)C=Cc3ccc(N(C)C)cc3)CCO2)c1. The number of rotatable bonds is 7. The second-order valence-corrected chi connectivity index (χ2v) is 7.31. The minimum absolute atomic E-state index is 0.0701. The van der Waals surface area contributed by atoms with Gasteiger partial charge in [0.05, 0.1) is 32.0 Å². The number of morpholine rings is 1. The van der Waals surface area contributed by atoms with Gasteiger partial charge in [-0.25, -0.2) is 4.79 Å². The quantitative estimate of drug-likeness (QED) is 0.497. The molecule has 31 heavy (non-hydrogen) atoms. The van der Waals surface area contributed by atoms with Crippen molar-refractivity contribution in [3.63, 3.8) is 0 Å². The minimum atomic E-state index is -0.480. The van der Waals surface area contributed by atoms with Gasteiger partial charge < -0.3 is 24.0 Å². The van der Waals surface area contributed by atoms with E-state index in [1.165, 1.54) is 19.5 Å². The molecule has 1 fully saturated rings. The van der Waals surface area contributed by atoms with Crippen molar-refractivity contribution < 1.29 is 23.8 Å². The topological polar surface area (TPSA) is 81.2 Å². The largest absolute Gasteiger partial charge is 0.489 e. The first-order valence-electron chi connectivity index (χ1n) is 9.98. The summed E-state index contributed by atoms with van der Waals surface area (Å²) in [5, 5.41) is 0. The van der Waals surface area contributed by atoms with Crippen molar-refractivity contribution in [1.29, 1.82) is 0 Å². The maximum atomic E-state index is 12.6. The Bertz CT molecular complexity index is 927. The van der Waals surface area contributed by atoms with E-state index < -0.39 is 5.97 Å². The van der Waals surface area contributed by atoms with Crippen molar-refractivity contribution in [2.45, 2.75) is 6.10 Å². The van der Waals surface area contributed by atoms with Crippen LogP contribution in [0.1, 0.15) is 15.9 Å². The molecule has 0 aliphatic carbocycles. The number of anilines is 1. The molecular weight excluding hydrogens is 398 g/mol. The molecule has 1 amide bonds. The Balaban J connectivity index is 1.52. The van der Waals surface area contributed by atoms with Crippen molar-refractivity contribution >= 4 is 23.6 Å². The maximum absolute atomic E-state index is 12.6. The van der Waals surface area contributed by atoms with Gasteiger partial charge in [-0.15, -0.1) is 0 Å². The third-order valence-electron chi connectivity index (χ3n) is 4.85. The molecule has 1 atom stereocenters. The van der Waals surface area contributed by atoms with Crippen LogP contribution < -0.4 is 9.64 Å². The second kappa shape index (κ2) is 10.6. The summed E-state index contributed by atoms with van der Waals surface area (Å²) in [6.45, 7) is 1.63. The average Bonchev–Trinajstić information content (AvgIpc) is 2.81. The highest BCUT2D eigenvalue weighted by Crippen LogP contribution is 2.15. The Labute approximate surface area is 182 Å². The lowest BCUT2D eigenvalue weighted by atomic mass is 10.2. The maximum Gasteiger partial charge on any atom is 0.339 e.